The van der Waals surface area contributed by atoms with Crippen LogP contribution in [0, 0.1) is 5.82 Å². The fourth-order valence-corrected chi connectivity index (χ4v) is 2.87. The Kier molecular flexibility index (Phi) is 5.56. The minimum atomic E-state index is -0.187. The van der Waals surface area contributed by atoms with Crippen molar-refractivity contribution in [3.05, 3.63) is 30.1 Å². The molecule has 2 N–H and O–H groups in total. The molecule has 1 unspecified atom stereocenters. The summed E-state index contributed by atoms with van der Waals surface area (Å²) in [5.41, 5.74) is 7.07. The van der Waals surface area contributed by atoms with E-state index >= 15 is 0 Å². The number of methoxy groups -OCH3 is 1. The van der Waals surface area contributed by atoms with Crippen molar-refractivity contribution in [3.63, 3.8) is 0 Å². The number of hydrogen-bond donors (Lipinski definition) is 1. The Bertz CT molecular complexity index is 432. The smallest absolute Gasteiger partial charge is 0.123 e. The molecule has 1 heterocycles. The Balaban J connectivity index is 1.94. The first kappa shape index (κ1) is 16.2. The highest BCUT2D eigenvalue weighted by atomic mass is 19.1. The molecule has 1 aliphatic heterocycles. The maximum atomic E-state index is 13.0. The van der Waals surface area contributed by atoms with E-state index in [0.717, 1.165) is 44.9 Å². The van der Waals surface area contributed by atoms with E-state index in [9.17, 15) is 4.39 Å². The minimum absolute atomic E-state index is 0.00903. The highest BCUT2D eigenvalue weighted by Crippen LogP contribution is 2.23. The third-order valence-corrected chi connectivity index (χ3v) is 4.52. The van der Waals surface area contributed by atoms with Crippen LogP contribution < -0.4 is 10.6 Å². The second kappa shape index (κ2) is 7.20. The molecule has 0 spiro atoms. The third kappa shape index (κ3) is 3.93. The van der Waals surface area contributed by atoms with Gasteiger partial charge in [0.15, 0.2) is 0 Å². The van der Waals surface area contributed by atoms with Crippen molar-refractivity contribution in [1.82, 2.24) is 4.90 Å². The molecule has 118 valence electrons. The lowest BCUT2D eigenvalue weighted by Crippen LogP contribution is -2.59. The summed E-state index contributed by atoms with van der Waals surface area (Å²) >= 11 is 0. The van der Waals surface area contributed by atoms with Crippen LogP contribution in [0.25, 0.3) is 0 Å². The van der Waals surface area contributed by atoms with Gasteiger partial charge in [-0.2, -0.15) is 0 Å². The van der Waals surface area contributed by atoms with E-state index < -0.39 is 0 Å². The van der Waals surface area contributed by atoms with Crippen LogP contribution in [0.1, 0.15) is 13.3 Å². The first-order chi connectivity index (χ1) is 10.1. The molecule has 21 heavy (non-hydrogen) atoms. The van der Waals surface area contributed by atoms with Crippen LogP contribution >= 0.6 is 0 Å². The van der Waals surface area contributed by atoms with Crippen molar-refractivity contribution in [2.45, 2.75) is 18.9 Å². The molecule has 1 saturated heterocycles. The number of rotatable bonds is 6. The number of piperazine rings is 1. The SMILES string of the molecule is COCCC(C)(CN)N1CCN(c2ccc(F)cc2)CC1. The van der Waals surface area contributed by atoms with Gasteiger partial charge in [-0.15, -0.1) is 0 Å². The van der Waals surface area contributed by atoms with Crippen molar-refractivity contribution in [2.75, 3.05) is 51.3 Å². The summed E-state index contributed by atoms with van der Waals surface area (Å²) in [6.45, 7) is 7.38. The first-order valence-electron chi connectivity index (χ1n) is 7.53. The van der Waals surface area contributed by atoms with E-state index in [4.69, 9.17) is 10.5 Å². The predicted octanol–water partition coefficient (Wildman–Crippen LogP) is 1.70. The molecule has 0 bridgehead atoms. The zero-order valence-electron chi connectivity index (χ0n) is 13.0. The van der Waals surface area contributed by atoms with E-state index in [1.165, 1.54) is 12.1 Å². The molecule has 0 aliphatic carbocycles. The van der Waals surface area contributed by atoms with Crippen LogP contribution in [0.4, 0.5) is 10.1 Å². The highest BCUT2D eigenvalue weighted by molar-refractivity contribution is 5.46. The average molecular weight is 295 g/mol. The van der Waals surface area contributed by atoms with Gasteiger partial charge < -0.3 is 15.4 Å². The molecule has 0 radical (unpaired) electrons. The molecule has 0 aromatic heterocycles. The van der Waals surface area contributed by atoms with Gasteiger partial charge in [0.25, 0.3) is 0 Å². The largest absolute Gasteiger partial charge is 0.385 e. The minimum Gasteiger partial charge on any atom is -0.385 e. The van der Waals surface area contributed by atoms with Crippen LogP contribution in [-0.2, 0) is 4.74 Å². The number of nitrogens with zero attached hydrogens (tertiary/aromatic N) is 2. The van der Waals surface area contributed by atoms with Gasteiger partial charge in [-0.05, 0) is 37.6 Å². The number of ether oxygens (including phenoxy) is 1. The first-order valence-corrected chi connectivity index (χ1v) is 7.53. The second-order valence-electron chi connectivity index (χ2n) is 5.89. The van der Waals surface area contributed by atoms with Crippen LogP contribution in [0.2, 0.25) is 0 Å². The summed E-state index contributed by atoms with van der Waals surface area (Å²) in [5, 5.41) is 0. The van der Waals surface area contributed by atoms with Gasteiger partial charge in [-0.1, -0.05) is 0 Å². The molecular formula is C16H26FN3O. The highest BCUT2D eigenvalue weighted by Gasteiger charge is 2.32. The molecule has 5 heteroatoms. The van der Waals surface area contributed by atoms with Gasteiger partial charge in [-0.3, -0.25) is 4.90 Å². The number of halogens is 1. The Hall–Kier alpha value is -1.17. The Morgan fingerprint density at radius 2 is 1.81 bits per heavy atom. The molecule has 1 aromatic rings. The lowest BCUT2D eigenvalue weighted by molar-refractivity contribution is 0.0638. The molecule has 1 atom stereocenters. The van der Waals surface area contributed by atoms with Crippen LogP contribution in [0.3, 0.4) is 0 Å². The van der Waals surface area contributed by atoms with Gasteiger partial charge in [0.05, 0.1) is 0 Å². The van der Waals surface area contributed by atoms with Gasteiger partial charge in [0.2, 0.25) is 0 Å². The zero-order chi connectivity index (χ0) is 15.3. The topological polar surface area (TPSA) is 41.7 Å². The Morgan fingerprint density at radius 3 is 2.33 bits per heavy atom. The molecule has 0 saturated carbocycles. The normalized spacial score (nSPS) is 19.5. The molecule has 0 amide bonds. The molecule has 1 aromatic carbocycles. The van der Waals surface area contributed by atoms with Gasteiger partial charge in [-0.25, -0.2) is 4.39 Å². The van der Waals surface area contributed by atoms with E-state index in [2.05, 4.69) is 16.7 Å². The van der Waals surface area contributed by atoms with Crippen LogP contribution in [-0.4, -0.2) is 56.9 Å². The summed E-state index contributed by atoms with van der Waals surface area (Å²) in [5.74, 6) is -0.187. The summed E-state index contributed by atoms with van der Waals surface area (Å²) in [6, 6.07) is 6.73. The molecule has 1 fully saturated rings. The maximum Gasteiger partial charge on any atom is 0.123 e. The standard InChI is InChI=1S/C16H26FN3O/c1-16(13-18,7-12-21-2)20-10-8-19(9-11-20)15-5-3-14(17)4-6-15/h3-6H,7-13,18H2,1-2H3. The zero-order valence-corrected chi connectivity index (χ0v) is 13.0. The van der Waals surface area contributed by atoms with Crippen molar-refractivity contribution in [2.24, 2.45) is 5.73 Å². The average Bonchev–Trinajstić information content (AvgIpc) is 2.53. The maximum absolute atomic E-state index is 13.0. The molecular weight excluding hydrogens is 269 g/mol. The van der Waals surface area contributed by atoms with E-state index in [-0.39, 0.29) is 11.4 Å². The molecule has 2 rings (SSSR count). The third-order valence-electron chi connectivity index (χ3n) is 4.52. The Labute approximate surface area is 126 Å². The fraction of sp³-hybridized carbons (Fsp3) is 0.625. The van der Waals surface area contributed by atoms with Crippen molar-refractivity contribution in [1.29, 1.82) is 0 Å². The lowest BCUT2D eigenvalue weighted by Gasteiger charge is -2.46. The lowest BCUT2D eigenvalue weighted by atomic mass is 9.95. The summed E-state index contributed by atoms with van der Waals surface area (Å²) in [4.78, 5) is 4.75. The second-order valence-corrected chi connectivity index (χ2v) is 5.89. The summed E-state index contributed by atoms with van der Waals surface area (Å²) in [7, 11) is 1.73. The van der Waals surface area contributed by atoms with Crippen molar-refractivity contribution in [3.8, 4) is 0 Å². The van der Waals surface area contributed by atoms with Crippen molar-refractivity contribution < 1.29 is 9.13 Å². The quantitative estimate of drug-likeness (QED) is 0.867. The molecule has 4 nitrogen and oxygen atoms in total. The van der Waals surface area contributed by atoms with Crippen LogP contribution in [0.15, 0.2) is 24.3 Å². The van der Waals surface area contributed by atoms with E-state index in [1.54, 1.807) is 7.11 Å². The Morgan fingerprint density at radius 1 is 1.19 bits per heavy atom. The fourth-order valence-electron chi connectivity index (χ4n) is 2.87. The van der Waals surface area contributed by atoms with E-state index in [0.29, 0.717) is 6.54 Å². The number of nitrogens with two attached hydrogens (primary N) is 1. The predicted molar refractivity (Wildman–Crippen MR) is 84.1 cm³/mol. The number of anilines is 1. The monoisotopic (exact) mass is 295 g/mol. The van der Waals surface area contributed by atoms with Gasteiger partial charge in [0, 0.05) is 57.7 Å². The van der Waals surface area contributed by atoms with E-state index in [1.807, 2.05) is 12.1 Å². The summed E-state index contributed by atoms with van der Waals surface area (Å²) in [6.07, 6.45) is 0.941. The number of benzene rings is 1. The van der Waals surface area contributed by atoms with Gasteiger partial charge >= 0.3 is 0 Å². The number of hydrogen-bond acceptors (Lipinski definition) is 4. The van der Waals surface area contributed by atoms with Crippen molar-refractivity contribution >= 4 is 5.69 Å². The molecule has 1 aliphatic rings. The van der Waals surface area contributed by atoms with Crippen LogP contribution in [0.5, 0.6) is 0 Å². The van der Waals surface area contributed by atoms with Gasteiger partial charge in [0.1, 0.15) is 5.82 Å². The summed E-state index contributed by atoms with van der Waals surface area (Å²) < 4.78 is 18.2.